The molecule has 4 nitrogen and oxygen atoms in total. The lowest BCUT2D eigenvalue weighted by Gasteiger charge is -2.23. The van der Waals surface area contributed by atoms with Crippen molar-refractivity contribution in [3.8, 4) is 21.8 Å². The second kappa shape index (κ2) is 8.55. The summed E-state index contributed by atoms with van der Waals surface area (Å²) in [6.07, 6.45) is -2.97. The van der Waals surface area contributed by atoms with E-state index in [2.05, 4.69) is 20.1 Å². The zero-order chi connectivity index (χ0) is 22.8. The normalized spacial score (nSPS) is 11.5. The van der Waals surface area contributed by atoms with Crippen LogP contribution in [0.2, 0.25) is 0 Å². The van der Waals surface area contributed by atoms with Gasteiger partial charge >= 0.3 is 6.18 Å². The van der Waals surface area contributed by atoms with Gasteiger partial charge in [-0.25, -0.2) is 0 Å². The monoisotopic (exact) mass is 461 g/mol. The lowest BCUT2D eigenvalue weighted by atomic mass is 10.1. The minimum Gasteiger partial charge on any atom is -0.573 e. The molecule has 0 aliphatic carbocycles. The summed E-state index contributed by atoms with van der Waals surface area (Å²) in [5.74, 6) is 0. The molecule has 164 valence electrons. The SMILES string of the molecule is FC(F)(F)c1cc(-c2cc(-c3ccc(N(c4ccccc4)c4ccccc4)s3)ccn2)[n-]n1. The van der Waals surface area contributed by atoms with Crippen molar-refractivity contribution in [2.24, 2.45) is 0 Å². The standard InChI is InChI=1S/C25H16F3N4S/c26-25(27,28)23-16-21(30-31-23)20-15-17(13-14-29-20)22-11-12-24(33-22)32(18-7-3-1-4-8-18)19-9-5-2-6-10-19/h1-16H/q-1. The number of anilines is 3. The van der Waals surface area contributed by atoms with Gasteiger partial charge in [0, 0.05) is 22.4 Å². The first-order valence-corrected chi connectivity index (χ1v) is 10.9. The van der Waals surface area contributed by atoms with Gasteiger partial charge in [0.05, 0.1) is 5.69 Å². The van der Waals surface area contributed by atoms with Gasteiger partial charge in [0.1, 0.15) is 10.7 Å². The van der Waals surface area contributed by atoms with Gasteiger partial charge in [-0.05, 0) is 60.2 Å². The molecule has 33 heavy (non-hydrogen) atoms. The Morgan fingerprint density at radius 1 is 0.788 bits per heavy atom. The first kappa shape index (κ1) is 21.0. The number of thiophene rings is 1. The number of hydrogen-bond acceptors (Lipinski definition) is 4. The van der Waals surface area contributed by atoms with Gasteiger partial charge < -0.3 is 15.1 Å². The van der Waals surface area contributed by atoms with E-state index >= 15 is 0 Å². The molecule has 0 atom stereocenters. The Morgan fingerprint density at radius 3 is 2.06 bits per heavy atom. The Hall–Kier alpha value is -3.91. The van der Waals surface area contributed by atoms with Gasteiger partial charge in [0.25, 0.3) is 0 Å². The van der Waals surface area contributed by atoms with Crippen molar-refractivity contribution in [2.45, 2.75) is 6.18 Å². The lowest BCUT2D eigenvalue weighted by Crippen LogP contribution is -2.07. The molecule has 0 aliphatic rings. The Labute approximate surface area is 192 Å². The average molecular weight is 461 g/mol. The molecule has 0 spiro atoms. The van der Waals surface area contributed by atoms with E-state index in [4.69, 9.17) is 0 Å². The van der Waals surface area contributed by atoms with Crippen molar-refractivity contribution < 1.29 is 13.2 Å². The average Bonchev–Trinajstić information content (AvgIpc) is 3.52. The van der Waals surface area contributed by atoms with E-state index in [1.807, 2.05) is 78.9 Å². The molecule has 0 bridgehead atoms. The molecule has 2 aromatic carbocycles. The maximum Gasteiger partial charge on any atom is 0.431 e. The summed E-state index contributed by atoms with van der Waals surface area (Å²) >= 11 is 1.58. The van der Waals surface area contributed by atoms with Crippen molar-refractivity contribution in [3.63, 3.8) is 0 Å². The molecule has 8 heteroatoms. The summed E-state index contributed by atoms with van der Waals surface area (Å²) < 4.78 is 38.7. The van der Waals surface area contributed by atoms with Crippen molar-refractivity contribution in [1.29, 1.82) is 0 Å². The predicted octanol–water partition coefficient (Wildman–Crippen LogP) is 7.32. The summed E-state index contributed by atoms with van der Waals surface area (Å²) in [6, 6.07) is 28.6. The summed E-state index contributed by atoms with van der Waals surface area (Å²) in [7, 11) is 0. The van der Waals surface area contributed by atoms with Crippen LogP contribution in [0.1, 0.15) is 5.69 Å². The highest BCUT2D eigenvalue weighted by atomic mass is 32.1. The van der Waals surface area contributed by atoms with Gasteiger partial charge in [-0.1, -0.05) is 42.1 Å². The van der Waals surface area contributed by atoms with E-state index in [1.54, 1.807) is 23.6 Å². The molecule has 0 amide bonds. The van der Waals surface area contributed by atoms with Gasteiger partial charge in [0.15, 0.2) is 0 Å². The number of benzene rings is 2. The van der Waals surface area contributed by atoms with Crippen LogP contribution in [0, 0.1) is 0 Å². The summed E-state index contributed by atoms with van der Waals surface area (Å²) in [4.78, 5) is 7.31. The highest BCUT2D eigenvalue weighted by Gasteiger charge is 2.31. The molecule has 5 rings (SSSR count). The fraction of sp³-hybridized carbons (Fsp3) is 0.0400. The molecule has 0 aliphatic heterocycles. The summed E-state index contributed by atoms with van der Waals surface area (Å²) in [5, 5.41) is 7.91. The van der Waals surface area contributed by atoms with Gasteiger partial charge in [-0.15, -0.1) is 11.3 Å². The van der Waals surface area contributed by atoms with Gasteiger partial charge in [-0.2, -0.15) is 13.2 Å². The van der Waals surface area contributed by atoms with E-state index in [-0.39, 0.29) is 5.69 Å². The summed E-state index contributed by atoms with van der Waals surface area (Å²) in [5.41, 5.74) is 2.31. The Balaban J connectivity index is 1.50. The third-order valence-electron chi connectivity index (χ3n) is 4.98. The van der Waals surface area contributed by atoms with Gasteiger partial charge in [0.2, 0.25) is 0 Å². The number of rotatable bonds is 5. The first-order valence-electron chi connectivity index (χ1n) is 10.0. The largest absolute Gasteiger partial charge is 0.573 e. The Kier molecular flexibility index (Phi) is 5.43. The maximum atomic E-state index is 12.9. The Bertz CT molecular complexity index is 1320. The molecule has 0 saturated heterocycles. The zero-order valence-electron chi connectivity index (χ0n) is 17.1. The highest BCUT2D eigenvalue weighted by Crippen LogP contribution is 2.42. The topological polar surface area (TPSA) is 43.1 Å². The zero-order valence-corrected chi connectivity index (χ0v) is 17.9. The first-order chi connectivity index (χ1) is 16.0. The van der Waals surface area contributed by atoms with Crippen LogP contribution in [0.15, 0.2) is 97.2 Å². The number of hydrogen-bond donors (Lipinski definition) is 0. The third-order valence-corrected chi connectivity index (χ3v) is 6.10. The Morgan fingerprint density at radius 2 is 1.45 bits per heavy atom. The van der Waals surface area contributed by atoms with Crippen molar-refractivity contribution >= 4 is 27.7 Å². The molecule has 3 heterocycles. The number of para-hydroxylation sites is 2. The third kappa shape index (κ3) is 4.38. The van der Waals surface area contributed by atoms with Crippen LogP contribution < -0.4 is 10.00 Å². The molecule has 0 saturated carbocycles. The van der Waals surface area contributed by atoms with Crippen LogP contribution in [0.3, 0.4) is 0 Å². The van der Waals surface area contributed by atoms with Crippen molar-refractivity contribution in [3.05, 3.63) is 103 Å². The molecule has 0 radical (unpaired) electrons. The maximum absolute atomic E-state index is 12.9. The summed E-state index contributed by atoms with van der Waals surface area (Å²) in [6.45, 7) is 0. The van der Waals surface area contributed by atoms with E-state index in [1.165, 1.54) is 0 Å². The van der Waals surface area contributed by atoms with Crippen LogP contribution >= 0.6 is 11.3 Å². The van der Waals surface area contributed by atoms with E-state index in [9.17, 15) is 13.2 Å². The van der Waals surface area contributed by atoms with Crippen molar-refractivity contribution in [2.75, 3.05) is 4.90 Å². The minimum absolute atomic E-state index is 0.0937. The smallest absolute Gasteiger partial charge is 0.431 e. The number of pyridine rings is 1. The molecular formula is C25H16F3N4S-. The van der Waals surface area contributed by atoms with Crippen molar-refractivity contribution in [1.82, 2.24) is 15.2 Å². The fourth-order valence-electron chi connectivity index (χ4n) is 3.44. The molecule has 5 aromatic rings. The predicted molar refractivity (Wildman–Crippen MR) is 124 cm³/mol. The van der Waals surface area contributed by atoms with Crippen LogP contribution in [-0.2, 0) is 6.18 Å². The number of halogens is 3. The van der Waals surface area contributed by atoms with Crippen LogP contribution in [0.5, 0.6) is 0 Å². The number of nitrogens with zero attached hydrogens (tertiary/aromatic N) is 4. The van der Waals surface area contributed by atoms with E-state index in [0.29, 0.717) is 5.69 Å². The second-order valence-electron chi connectivity index (χ2n) is 7.19. The molecule has 0 unspecified atom stereocenters. The lowest BCUT2D eigenvalue weighted by molar-refractivity contribution is -0.141. The molecular weight excluding hydrogens is 445 g/mol. The second-order valence-corrected chi connectivity index (χ2v) is 8.25. The molecule has 0 fully saturated rings. The van der Waals surface area contributed by atoms with E-state index < -0.39 is 11.9 Å². The highest BCUT2D eigenvalue weighted by molar-refractivity contribution is 7.19. The van der Waals surface area contributed by atoms with Crippen LogP contribution in [0.4, 0.5) is 29.5 Å². The number of aromatic nitrogens is 3. The molecule has 3 aromatic heterocycles. The quantitative estimate of drug-likeness (QED) is 0.275. The van der Waals surface area contributed by atoms with Crippen LogP contribution in [0.25, 0.3) is 21.8 Å². The van der Waals surface area contributed by atoms with Crippen LogP contribution in [-0.4, -0.2) is 10.1 Å². The number of alkyl halides is 3. The van der Waals surface area contributed by atoms with Gasteiger partial charge in [-0.3, -0.25) is 4.98 Å². The minimum atomic E-state index is -4.54. The fourth-order valence-corrected chi connectivity index (χ4v) is 4.49. The molecule has 0 N–H and O–H groups in total. The van der Waals surface area contributed by atoms with E-state index in [0.717, 1.165) is 32.9 Å².